The third kappa shape index (κ3) is 4.28. The number of β-amino-alcohol motifs (C(OH)–C–C–N with tert-alkyl or cyclic N) is 1. The number of aliphatic hydroxyl groups is 1. The summed E-state index contributed by atoms with van der Waals surface area (Å²) in [5.74, 6) is 1.01. The van der Waals surface area contributed by atoms with Crippen LogP contribution in [0.3, 0.4) is 0 Å². The fourth-order valence-corrected chi connectivity index (χ4v) is 2.83. The van der Waals surface area contributed by atoms with Gasteiger partial charge in [0.1, 0.15) is 5.76 Å². The van der Waals surface area contributed by atoms with Crippen molar-refractivity contribution >= 4 is 5.91 Å². The van der Waals surface area contributed by atoms with E-state index in [4.69, 9.17) is 9.63 Å². The molecule has 0 spiro atoms. The minimum Gasteiger partial charge on any atom is -0.395 e. The van der Waals surface area contributed by atoms with Crippen LogP contribution < -0.4 is 0 Å². The SMILES string of the molecule is Cc1noc(C)c1CCC(=O)N1CCCN(CCO)CC1. The molecule has 0 radical (unpaired) electrons. The first-order valence-electron chi connectivity index (χ1n) is 7.64. The van der Waals surface area contributed by atoms with Crippen molar-refractivity contribution in [1.82, 2.24) is 15.0 Å². The van der Waals surface area contributed by atoms with E-state index in [1.54, 1.807) is 0 Å². The Morgan fingerprint density at radius 3 is 2.76 bits per heavy atom. The number of nitrogens with zero attached hydrogens (tertiary/aromatic N) is 3. The van der Waals surface area contributed by atoms with Crippen molar-refractivity contribution < 1.29 is 14.4 Å². The average molecular weight is 295 g/mol. The van der Waals surface area contributed by atoms with Gasteiger partial charge in [-0.1, -0.05) is 5.16 Å². The zero-order valence-electron chi connectivity index (χ0n) is 13.0. The Balaban J connectivity index is 1.83. The van der Waals surface area contributed by atoms with Crippen molar-refractivity contribution in [3.8, 4) is 0 Å². The van der Waals surface area contributed by atoms with Crippen molar-refractivity contribution in [2.75, 3.05) is 39.3 Å². The van der Waals surface area contributed by atoms with Crippen LogP contribution in [0, 0.1) is 13.8 Å². The van der Waals surface area contributed by atoms with Crippen molar-refractivity contribution in [3.63, 3.8) is 0 Å². The molecule has 1 amide bonds. The van der Waals surface area contributed by atoms with Gasteiger partial charge in [0, 0.05) is 38.2 Å². The summed E-state index contributed by atoms with van der Waals surface area (Å²) in [6.45, 7) is 8.03. The van der Waals surface area contributed by atoms with Crippen LogP contribution in [-0.4, -0.2) is 65.3 Å². The first-order chi connectivity index (χ1) is 10.1. The van der Waals surface area contributed by atoms with E-state index in [2.05, 4.69) is 10.1 Å². The van der Waals surface area contributed by atoms with E-state index >= 15 is 0 Å². The van der Waals surface area contributed by atoms with Crippen LogP contribution in [0.2, 0.25) is 0 Å². The number of aliphatic hydroxyl groups excluding tert-OH is 1. The highest BCUT2D eigenvalue weighted by atomic mass is 16.5. The molecule has 2 heterocycles. The lowest BCUT2D eigenvalue weighted by Gasteiger charge is -2.21. The van der Waals surface area contributed by atoms with Crippen LogP contribution in [0.1, 0.15) is 29.9 Å². The zero-order chi connectivity index (χ0) is 15.2. The van der Waals surface area contributed by atoms with Crippen molar-refractivity contribution in [2.24, 2.45) is 0 Å². The predicted octanol–water partition coefficient (Wildman–Crippen LogP) is 0.751. The van der Waals surface area contributed by atoms with Gasteiger partial charge in [0.15, 0.2) is 0 Å². The number of aryl methyl sites for hydroxylation is 2. The van der Waals surface area contributed by atoms with Gasteiger partial charge in [-0.3, -0.25) is 9.69 Å². The van der Waals surface area contributed by atoms with Gasteiger partial charge in [-0.25, -0.2) is 0 Å². The maximum absolute atomic E-state index is 12.3. The third-order valence-electron chi connectivity index (χ3n) is 4.13. The Hall–Kier alpha value is -1.40. The van der Waals surface area contributed by atoms with Gasteiger partial charge in [-0.15, -0.1) is 0 Å². The molecule has 1 saturated heterocycles. The number of hydrogen-bond donors (Lipinski definition) is 1. The second-order valence-corrected chi connectivity index (χ2v) is 5.60. The summed E-state index contributed by atoms with van der Waals surface area (Å²) in [5, 5.41) is 12.9. The van der Waals surface area contributed by atoms with Crippen LogP contribution >= 0.6 is 0 Å². The summed E-state index contributed by atoms with van der Waals surface area (Å²) in [6, 6.07) is 0. The average Bonchev–Trinajstić information content (AvgIpc) is 2.67. The lowest BCUT2D eigenvalue weighted by molar-refractivity contribution is -0.131. The maximum Gasteiger partial charge on any atom is 0.222 e. The van der Waals surface area contributed by atoms with E-state index in [1.165, 1.54) is 0 Å². The van der Waals surface area contributed by atoms with Gasteiger partial charge in [-0.2, -0.15) is 0 Å². The van der Waals surface area contributed by atoms with Crippen LogP contribution in [0.4, 0.5) is 0 Å². The van der Waals surface area contributed by atoms with Crippen molar-refractivity contribution in [1.29, 1.82) is 0 Å². The highest BCUT2D eigenvalue weighted by Gasteiger charge is 2.19. The topological polar surface area (TPSA) is 69.8 Å². The molecule has 1 aliphatic rings. The summed E-state index contributed by atoms with van der Waals surface area (Å²) in [5.41, 5.74) is 1.94. The number of hydrogen-bond acceptors (Lipinski definition) is 5. The molecular weight excluding hydrogens is 270 g/mol. The number of aromatic nitrogens is 1. The minimum absolute atomic E-state index is 0.181. The van der Waals surface area contributed by atoms with E-state index in [0.717, 1.165) is 49.6 Å². The maximum atomic E-state index is 12.3. The predicted molar refractivity (Wildman–Crippen MR) is 79.0 cm³/mol. The Morgan fingerprint density at radius 1 is 1.29 bits per heavy atom. The van der Waals surface area contributed by atoms with Crippen LogP contribution in [-0.2, 0) is 11.2 Å². The molecule has 1 aromatic heterocycles. The van der Waals surface area contributed by atoms with Crippen LogP contribution in [0.25, 0.3) is 0 Å². The molecule has 6 nitrogen and oxygen atoms in total. The summed E-state index contributed by atoms with van der Waals surface area (Å²) in [4.78, 5) is 16.5. The Morgan fingerprint density at radius 2 is 2.10 bits per heavy atom. The van der Waals surface area contributed by atoms with Gasteiger partial charge < -0.3 is 14.5 Å². The molecule has 1 aromatic rings. The lowest BCUT2D eigenvalue weighted by atomic mass is 10.1. The second-order valence-electron chi connectivity index (χ2n) is 5.60. The van der Waals surface area contributed by atoms with Gasteiger partial charge in [0.05, 0.1) is 12.3 Å². The van der Waals surface area contributed by atoms with E-state index in [0.29, 0.717) is 19.4 Å². The molecule has 2 rings (SSSR count). The molecule has 0 atom stereocenters. The molecule has 0 bridgehead atoms. The lowest BCUT2D eigenvalue weighted by Crippen LogP contribution is -2.36. The smallest absolute Gasteiger partial charge is 0.222 e. The van der Waals surface area contributed by atoms with E-state index in [1.807, 2.05) is 18.7 Å². The molecule has 21 heavy (non-hydrogen) atoms. The van der Waals surface area contributed by atoms with E-state index in [9.17, 15) is 4.79 Å². The van der Waals surface area contributed by atoms with Crippen molar-refractivity contribution in [3.05, 3.63) is 17.0 Å². The molecule has 118 valence electrons. The summed E-state index contributed by atoms with van der Waals surface area (Å²) in [6.07, 6.45) is 2.16. The molecule has 0 aromatic carbocycles. The van der Waals surface area contributed by atoms with Crippen LogP contribution in [0.5, 0.6) is 0 Å². The van der Waals surface area contributed by atoms with E-state index in [-0.39, 0.29) is 12.5 Å². The molecular formula is C15H25N3O3. The molecule has 6 heteroatoms. The normalized spacial score (nSPS) is 17.0. The summed E-state index contributed by atoms with van der Waals surface area (Å²) < 4.78 is 5.13. The minimum atomic E-state index is 0.181. The highest BCUT2D eigenvalue weighted by Crippen LogP contribution is 2.15. The Labute approximate surface area is 125 Å². The van der Waals surface area contributed by atoms with Crippen molar-refractivity contribution in [2.45, 2.75) is 33.1 Å². The largest absolute Gasteiger partial charge is 0.395 e. The fourth-order valence-electron chi connectivity index (χ4n) is 2.83. The molecule has 0 unspecified atom stereocenters. The van der Waals surface area contributed by atoms with E-state index < -0.39 is 0 Å². The number of amides is 1. The third-order valence-corrected chi connectivity index (χ3v) is 4.13. The Kier molecular flexibility index (Phi) is 5.76. The highest BCUT2D eigenvalue weighted by molar-refractivity contribution is 5.76. The number of carbonyl (C=O) groups excluding carboxylic acids is 1. The number of rotatable bonds is 5. The zero-order valence-corrected chi connectivity index (χ0v) is 13.0. The summed E-state index contributed by atoms with van der Waals surface area (Å²) >= 11 is 0. The van der Waals surface area contributed by atoms with Gasteiger partial charge in [0.2, 0.25) is 5.91 Å². The first-order valence-corrected chi connectivity index (χ1v) is 7.64. The van der Waals surface area contributed by atoms with Gasteiger partial charge in [0.25, 0.3) is 0 Å². The molecule has 1 fully saturated rings. The molecule has 1 N–H and O–H groups in total. The monoisotopic (exact) mass is 295 g/mol. The molecule has 0 saturated carbocycles. The fraction of sp³-hybridized carbons (Fsp3) is 0.733. The molecule has 1 aliphatic heterocycles. The van der Waals surface area contributed by atoms with Crippen LogP contribution in [0.15, 0.2) is 4.52 Å². The molecule has 0 aliphatic carbocycles. The van der Waals surface area contributed by atoms with Gasteiger partial charge >= 0.3 is 0 Å². The second kappa shape index (κ2) is 7.56. The Bertz CT molecular complexity index is 453. The number of carbonyl (C=O) groups is 1. The standard InChI is InChI=1S/C15H25N3O3/c1-12-14(13(2)21-16-12)4-5-15(20)18-7-3-6-17(8-9-18)10-11-19/h19H,3-11H2,1-2H3. The first kappa shape index (κ1) is 16.0. The summed E-state index contributed by atoms with van der Waals surface area (Å²) in [7, 11) is 0. The van der Waals surface area contributed by atoms with Gasteiger partial charge in [-0.05, 0) is 33.2 Å². The quantitative estimate of drug-likeness (QED) is 0.868.